The quantitative estimate of drug-likeness (QED) is 0.616. The molecule has 2 aromatic heterocycles. The molecular weight excluding hydrogens is 252 g/mol. The number of rotatable bonds is 5. The molecule has 2 aromatic rings. The molecule has 18 heavy (non-hydrogen) atoms. The van der Waals surface area contributed by atoms with Crippen LogP contribution in [-0.4, -0.2) is 21.8 Å². The Morgan fingerprint density at radius 3 is 3.00 bits per heavy atom. The lowest BCUT2D eigenvalue weighted by Gasteiger charge is -2.15. The molecule has 0 aliphatic heterocycles. The summed E-state index contributed by atoms with van der Waals surface area (Å²) in [5.74, 6) is 0. The monoisotopic (exact) mass is 266 g/mol. The van der Waals surface area contributed by atoms with Crippen LogP contribution in [0.4, 0.5) is 10.7 Å². The molecule has 0 aliphatic carbocycles. The first-order chi connectivity index (χ1) is 8.61. The van der Waals surface area contributed by atoms with Crippen LogP contribution in [0.3, 0.4) is 0 Å². The van der Waals surface area contributed by atoms with Crippen molar-refractivity contribution in [1.29, 1.82) is 0 Å². The highest BCUT2D eigenvalue weighted by atomic mass is 32.1. The Kier molecular flexibility index (Phi) is 3.61. The second-order valence-corrected chi connectivity index (χ2v) is 4.82. The van der Waals surface area contributed by atoms with Gasteiger partial charge < -0.3 is 4.90 Å². The highest BCUT2D eigenvalue weighted by molar-refractivity contribution is 7.14. The number of nitro groups is 1. The molecule has 0 saturated heterocycles. The minimum absolute atomic E-state index is 0.158. The molecule has 0 bridgehead atoms. The Bertz CT molecular complexity index is 549. The average molecular weight is 266 g/mol. The van der Waals surface area contributed by atoms with Crippen molar-refractivity contribution in [3.05, 3.63) is 39.5 Å². The molecular formula is C11H14N4O2S. The fraction of sp³-hybridized carbons (Fsp3) is 0.364. The summed E-state index contributed by atoms with van der Waals surface area (Å²) in [7, 11) is 1.85. The molecule has 96 valence electrons. The maximum absolute atomic E-state index is 10.9. The lowest BCUT2D eigenvalue weighted by atomic mass is 10.3. The minimum atomic E-state index is -0.349. The van der Waals surface area contributed by atoms with Gasteiger partial charge in [0.15, 0.2) is 5.00 Å². The zero-order chi connectivity index (χ0) is 13.1. The maximum Gasteiger partial charge on any atom is 0.303 e. The Balaban J connectivity index is 2.14. The number of anilines is 1. The van der Waals surface area contributed by atoms with E-state index in [0.29, 0.717) is 11.5 Å². The molecule has 0 amide bonds. The first-order valence-electron chi connectivity index (χ1n) is 5.56. The van der Waals surface area contributed by atoms with Crippen LogP contribution in [0.1, 0.15) is 12.5 Å². The Morgan fingerprint density at radius 1 is 1.61 bits per heavy atom. The molecule has 0 atom stereocenters. The van der Waals surface area contributed by atoms with Gasteiger partial charge in [-0.2, -0.15) is 5.10 Å². The Labute approximate surface area is 109 Å². The second-order valence-electron chi connectivity index (χ2n) is 3.93. The highest BCUT2D eigenvalue weighted by Gasteiger charge is 2.18. The van der Waals surface area contributed by atoms with Crippen molar-refractivity contribution in [3.8, 4) is 0 Å². The third kappa shape index (κ3) is 2.51. The van der Waals surface area contributed by atoms with Crippen LogP contribution in [-0.2, 0) is 13.1 Å². The number of aryl methyl sites for hydroxylation is 1. The van der Waals surface area contributed by atoms with Crippen LogP contribution in [0.2, 0.25) is 0 Å². The lowest BCUT2D eigenvalue weighted by Crippen LogP contribution is -2.15. The fourth-order valence-corrected chi connectivity index (χ4v) is 2.56. The molecule has 0 radical (unpaired) electrons. The van der Waals surface area contributed by atoms with Crippen molar-refractivity contribution < 1.29 is 4.92 Å². The van der Waals surface area contributed by atoms with Gasteiger partial charge in [0, 0.05) is 38.0 Å². The normalized spacial score (nSPS) is 10.6. The van der Waals surface area contributed by atoms with Gasteiger partial charge in [0.25, 0.3) is 0 Å². The van der Waals surface area contributed by atoms with Gasteiger partial charge in [0.1, 0.15) is 0 Å². The molecule has 0 spiro atoms. The van der Waals surface area contributed by atoms with Crippen molar-refractivity contribution in [2.75, 3.05) is 11.9 Å². The summed E-state index contributed by atoms with van der Waals surface area (Å²) < 4.78 is 1.84. The van der Waals surface area contributed by atoms with E-state index in [0.717, 1.165) is 12.1 Å². The third-order valence-electron chi connectivity index (χ3n) is 2.60. The largest absolute Gasteiger partial charge is 0.356 e. The minimum Gasteiger partial charge on any atom is -0.356 e. The van der Waals surface area contributed by atoms with Gasteiger partial charge in [0.2, 0.25) is 0 Å². The van der Waals surface area contributed by atoms with Gasteiger partial charge in [-0.3, -0.25) is 14.8 Å². The summed E-state index contributed by atoms with van der Waals surface area (Å²) in [6.45, 7) is 3.45. The molecule has 2 rings (SSSR count). The summed E-state index contributed by atoms with van der Waals surface area (Å²) in [5, 5.41) is 17.5. The summed E-state index contributed by atoms with van der Waals surface area (Å²) in [4.78, 5) is 12.4. The van der Waals surface area contributed by atoms with Crippen LogP contribution < -0.4 is 4.90 Å². The van der Waals surface area contributed by atoms with Crippen molar-refractivity contribution in [1.82, 2.24) is 9.78 Å². The molecule has 0 fully saturated rings. The van der Waals surface area contributed by atoms with Crippen LogP contribution >= 0.6 is 11.3 Å². The van der Waals surface area contributed by atoms with Gasteiger partial charge in [0.05, 0.1) is 11.1 Å². The molecule has 7 heteroatoms. The summed E-state index contributed by atoms with van der Waals surface area (Å²) in [5.41, 5.74) is 1.20. The van der Waals surface area contributed by atoms with E-state index in [1.54, 1.807) is 11.6 Å². The van der Waals surface area contributed by atoms with Crippen molar-refractivity contribution in [2.24, 2.45) is 0 Å². The predicted octanol–water partition coefficient (Wildman–Crippen LogP) is 2.51. The highest BCUT2D eigenvalue weighted by Crippen LogP contribution is 2.33. The van der Waals surface area contributed by atoms with Gasteiger partial charge in [-0.1, -0.05) is 0 Å². The van der Waals surface area contributed by atoms with Gasteiger partial charge in [-0.25, -0.2) is 0 Å². The first kappa shape index (κ1) is 12.6. The molecule has 0 saturated carbocycles. The number of aromatic nitrogens is 2. The summed E-state index contributed by atoms with van der Waals surface area (Å²) in [6, 6.07) is 1.53. The van der Waals surface area contributed by atoms with Gasteiger partial charge in [-0.15, -0.1) is 11.3 Å². The molecule has 0 N–H and O–H groups in total. The first-order valence-corrected chi connectivity index (χ1v) is 6.44. The van der Waals surface area contributed by atoms with Gasteiger partial charge >= 0.3 is 5.69 Å². The number of hydrogen-bond acceptors (Lipinski definition) is 5. The van der Waals surface area contributed by atoms with Crippen LogP contribution in [0.15, 0.2) is 23.8 Å². The number of nitrogens with zero attached hydrogens (tertiary/aromatic N) is 4. The van der Waals surface area contributed by atoms with Crippen molar-refractivity contribution in [2.45, 2.75) is 20.0 Å². The van der Waals surface area contributed by atoms with E-state index in [1.807, 2.05) is 29.7 Å². The third-order valence-corrected chi connectivity index (χ3v) is 3.61. The van der Waals surface area contributed by atoms with E-state index in [1.165, 1.54) is 17.4 Å². The fourth-order valence-electron chi connectivity index (χ4n) is 1.73. The van der Waals surface area contributed by atoms with E-state index >= 15 is 0 Å². The van der Waals surface area contributed by atoms with Gasteiger partial charge in [-0.05, 0) is 12.3 Å². The van der Waals surface area contributed by atoms with Crippen LogP contribution in [0, 0.1) is 10.1 Å². The number of hydrogen-bond donors (Lipinski definition) is 0. The molecule has 6 nitrogen and oxygen atoms in total. The van der Waals surface area contributed by atoms with E-state index in [9.17, 15) is 10.1 Å². The molecule has 0 unspecified atom stereocenters. The summed E-state index contributed by atoms with van der Waals surface area (Å²) >= 11 is 1.37. The standard InChI is InChI=1S/C11H14N4O2S/c1-3-14-8-9(6-12-14)7-13(2)11-10(15(16)17)4-5-18-11/h4-6,8H,3,7H2,1-2H3. The lowest BCUT2D eigenvalue weighted by molar-refractivity contribution is -0.383. The second kappa shape index (κ2) is 5.18. The SMILES string of the molecule is CCn1cc(CN(C)c2sccc2[N+](=O)[O-])cn1. The topological polar surface area (TPSA) is 64.2 Å². The van der Waals surface area contributed by atoms with Crippen LogP contribution in [0.25, 0.3) is 0 Å². The van der Waals surface area contributed by atoms with Crippen LogP contribution in [0.5, 0.6) is 0 Å². The predicted molar refractivity (Wildman–Crippen MR) is 71.0 cm³/mol. The average Bonchev–Trinajstić information content (AvgIpc) is 2.96. The van der Waals surface area contributed by atoms with E-state index in [-0.39, 0.29) is 10.6 Å². The van der Waals surface area contributed by atoms with Crippen molar-refractivity contribution in [3.63, 3.8) is 0 Å². The Hall–Kier alpha value is -1.89. The molecule has 0 aromatic carbocycles. The van der Waals surface area contributed by atoms with Crippen molar-refractivity contribution >= 4 is 22.0 Å². The van der Waals surface area contributed by atoms with E-state index in [2.05, 4.69) is 5.10 Å². The van der Waals surface area contributed by atoms with E-state index < -0.39 is 0 Å². The zero-order valence-corrected chi connectivity index (χ0v) is 11.1. The Morgan fingerprint density at radius 2 is 2.39 bits per heavy atom. The smallest absolute Gasteiger partial charge is 0.303 e. The molecule has 0 aliphatic rings. The molecule has 2 heterocycles. The number of thiophene rings is 1. The maximum atomic E-state index is 10.9. The van der Waals surface area contributed by atoms with E-state index in [4.69, 9.17) is 0 Å². The zero-order valence-electron chi connectivity index (χ0n) is 10.2. The summed E-state index contributed by atoms with van der Waals surface area (Å²) in [6.07, 6.45) is 3.75.